The summed E-state index contributed by atoms with van der Waals surface area (Å²) in [7, 11) is 0. The first-order valence-electron chi connectivity index (χ1n) is 10.3. The highest BCUT2D eigenvalue weighted by Gasteiger charge is 2.15. The number of hydrogen-bond acceptors (Lipinski definition) is 5. The molecule has 0 spiro atoms. The second-order valence-corrected chi connectivity index (χ2v) is 6.99. The second kappa shape index (κ2) is 10.4. The number of aromatic nitrogens is 3. The molecule has 158 valence electrons. The van der Waals surface area contributed by atoms with E-state index >= 15 is 0 Å². The van der Waals surface area contributed by atoms with Gasteiger partial charge in [-0.15, -0.1) is 0 Å². The van der Waals surface area contributed by atoms with Crippen LogP contribution in [0.2, 0.25) is 0 Å². The molecule has 30 heavy (non-hydrogen) atoms. The van der Waals surface area contributed by atoms with Crippen molar-refractivity contribution in [2.45, 2.75) is 39.7 Å². The first-order chi connectivity index (χ1) is 14.6. The maximum atomic E-state index is 12.8. The van der Waals surface area contributed by atoms with E-state index in [1.807, 2.05) is 45.0 Å². The van der Waals surface area contributed by atoms with Crippen LogP contribution in [0.4, 0.5) is 0 Å². The van der Waals surface area contributed by atoms with Crippen molar-refractivity contribution in [1.82, 2.24) is 20.1 Å². The molecule has 0 radical (unpaired) electrons. The van der Waals surface area contributed by atoms with Crippen LogP contribution < -0.4 is 14.8 Å². The Bertz CT molecular complexity index is 940. The first-order valence-corrected chi connectivity index (χ1v) is 10.3. The van der Waals surface area contributed by atoms with Crippen molar-refractivity contribution >= 4 is 5.91 Å². The zero-order chi connectivity index (χ0) is 21.3. The maximum Gasteiger partial charge on any atom is 0.251 e. The van der Waals surface area contributed by atoms with Gasteiger partial charge < -0.3 is 14.8 Å². The van der Waals surface area contributed by atoms with Crippen molar-refractivity contribution < 1.29 is 14.3 Å². The standard InChI is InChI=1S/C23H28N4O3/c1-4-12-29-21-11-8-19(14-22(21)30-13-5-2)23(28)26-17(3)18-6-9-20(10-7-18)27-16-24-15-25-27/h6-11,14-17H,4-5,12-13H2,1-3H3,(H,26,28). The average Bonchev–Trinajstić information content (AvgIpc) is 3.31. The molecule has 1 amide bonds. The molecule has 0 aliphatic rings. The van der Waals surface area contributed by atoms with Crippen LogP contribution in [0.5, 0.6) is 11.5 Å². The topological polar surface area (TPSA) is 78.3 Å². The van der Waals surface area contributed by atoms with E-state index in [9.17, 15) is 4.79 Å². The lowest BCUT2D eigenvalue weighted by Gasteiger charge is -2.17. The van der Waals surface area contributed by atoms with Gasteiger partial charge in [-0.05, 0) is 55.7 Å². The summed E-state index contributed by atoms with van der Waals surface area (Å²) in [5, 5.41) is 7.16. The van der Waals surface area contributed by atoms with Crippen molar-refractivity contribution in [3.05, 3.63) is 66.2 Å². The summed E-state index contributed by atoms with van der Waals surface area (Å²) in [6.07, 6.45) is 4.92. The zero-order valence-corrected chi connectivity index (χ0v) is 17.7. The summed E-state index contributed by atoms with van der Waals surface area (Å²) in [6, 6.07) is 13.0. The van der Waals surface area contributed by atoms with Crippen LogP contribution in [0.25, 0.3) is 5.69 Å². The number of hydrogen-bond donors (Lipinski definition) is 1. The third kappa shape index (κ3) is 5.37. The molecule has 1 atom stereocenters. The Morgan fingerprint density at radius 3 is 2.37 bits per heavy atom. The Labute approximate surface area is 177 Å². The summed E-state index contributed by atoms with van der Waals surface area (Å²) in [5.74, 6) is 1.10. The molecule has 0 aliphatic heterocycles. The van der Waals surface area contributed by atoms with Crippen LogP contribution in [-0.2, 0) is 0 Å². The molecule has 1 aromatic heterocycles. The fourth-order valence-electron chi connectivity index (χ4n) is 2.93. The van der Waals surface area contributed by atoms with Crippen LogP contribution in [0.3, 0.4) is 0 Å². The summed E-state index contributed by atoms with van der Waals surface area (Å²) >= 11 is 0. The number of benzene rings is 2. The zero-order valence-electron chi connectivity index (χ0n) is 17.7. The van der Waals surface area contributed by atoms with Gasteiger partial charge in [-0.3, -0.25) is 4.79 Å². The van der Waals surface area contributed by atoms with Gasteiger partial charge in [0.05, 0.1) is 24.9 Å². The molecule has 0 fully saturated rings. The lowest BCUT2D eigenvalue weighted by atomic mass is 10.1. The Morgan fingerprint density at radius 1 is 1.03 bits per heavy atom. The molecule has 2 aromatic carbocycles. The SMILES string of the molecule is CCCOc1ccc(C(=O)NC(C)c2ccc(-n3cncn3)cc2)cc1OCCC. The second-order valence-electron chi connectivity index (χ2n) is 6.99. The quantitative estimate of drug-likeness (QED) is 0.540. The van der Waals surface area contributed by atoms with Crippen molar-refractivity contribution in [2.24, 2.45) is 0 Å². The van der Waals surface area contributed by atoms with Crippen LogP contribution in [0, 0.1) is 0 Å². The van der Waals surface area contributed by atoms with Gasteiger partial charge in [-0.25, -0.2) is 9.67 Å². The van der Waals surface area contributed by atoms with Crippen molar-refractivity contribution in [2.75, 3.05) is 13.2 Å². The van der Waals surface area contributed by atoms with Crippen LogP contribution in [-0.4, -0.2) is 33.9 Å². The lowest BCUT2D eigenvalue weighted by molar-refractivity contribution is 0.0939. The number of carbonyl (C=O) groups excluding carboxylic acids is 1. The van der Waals surface area contributed by atoms with E-state index in [-0.39, 0.29) is 11.9 Å². The Hall–Kier alpha value is -3.35. The molecule has 1 heterocycles. The predicted octanol–water partition coefficient (Wildman–Crippen LogP) is 4.34. The number of nitrogens with zero attached hydrogens (tertiary/aromatic N) is 3. The maximum absolute atomic E-state index is 12.8. The number of rotatable bonds is 10. The summed E-state index contributed by atoms with van der Waals surface area (Å²) in [6.45, 7) is 7.22. The number of amides is 1. The highest BCUT2D eigenvalue weighted by atomic mass is 16.5. The van der Waals surface area contributed by atoms with Crippen molar-refractivity contribution in [3.8, 4) is 17.2 Å². The first kappa shape index (κ1) is 21.4. The molecule has 1 unspecified atom stereocenters. The van der Waals surface area contributed by atoms with Gasteiger partial charge in [-0.2, -0.15) is 5.10 Å². The highest BCUT2D eigenvalue weighted by molar-refractivity contribution is 5.95. The molecule has 0 bridgehead atoms. The molecule has 1 N–H and O–H groups in total. The van der Waals surface area contributed by atoms with E-state index in [0.29, 0.717) is 30.3 Å². The van der Waals surface area contributed by atoms with Gasteiger partial charge >= 0.3 is 0 Å². The number of carbonyl (C=O) groups is 1. The monoisotopic (exact) mass is 408 g/mol. The fourth-order valence-corrected chi connectivity index (χ4v) is 2.93. The minimum Gasteiger partial charge on any atom is -0.490 e. The Morgan fingerprint density at radius 2 is 1.73 bits per heavy atom. The van der Waals surface area contributed by atoms with Crippen molar-refractivity contribution in [1.29, 1.82) is 0 Å². The summed E-state index contributed by atoms with van der Waals surface area (Å²) in [5.41, 5.74) is 2.45. The van der Waals surface area contributed by atoms with E-state index in [4.69, 9.17) is 9.47 Å². The smallest absolute Gasteiger partial charge is 0.251 e. The van der Waals surface area contributed by atoms with Gasteiger partial charge in [0.15, 0.2) is 11.5 Å². The third-order valence-corrected chi connectivity index (χ3v) is 4.55. The largest absolute Gasteiger partial charge is 0.490 e. The number of ether oxygens (including phenoxy) is 2. The van der Waals surface area contributed by atoms with Gasteiger partial charge in [-0.1, -0.05) is 26.0 Å². The Balaban J connectivity index is 1.69. The Kier molecular flexibility index (Phi) is 7.43. The van der Waals surface area contributed by atoms with Crippen LogP contribution >= 0.6 is 0 Å². The molecular formula is C23H28N4O3. The average molecular weight is 409 g/mol. The lowest BCUT2D eigenvalue weighted by Crippen LogP contribution is -2.26. The molecule has 3 rings (SSSR count). The molecule has 0 saturated carbocycles. The van der Waals surface area contributed by atoms with Gasteiger partial charge in [0.25, 0.3) is 5.91 Å². The molecule has 7 heteroatoms. The van der Waals surface area contributed by atoms with Gasteiger partial charge in [0.2, 0.25) is 0 Å². The molecular weight excluding hydrogens is 380 g/mol. The van der Waals surface area contributed by atoms with Crippen molar-refractivity contribution in [3.63, 3.8) is 0 Å². The number of nitrogens with one attached hydrogen (secondary N) is 1. The van der Waals surface area contributed by atoms with E-state index in [2.05, 4.69) is 15.4 Å². The van der Waals surface area contributed by atoms with Gasteiger partial charge in [0, 0.05) is 5.56 Å². The summed E-state index contributed by atoms with van der Waals surface area (Å²) < 4.78 is 13.2. The fraction of sp³-hybridized carbons (Fsp3) is 0.348. The van der Waals surface area contributed by atoms with Gasteiger partial charge in [0.1, 0.15) is 12.7 Å². The summed E-state index contributed by atoms with van der Waals surface area (Å²) in [4.78, 5) is 16.8. The molecule has 7 nitrogen and oxygen atoms in total. The molecule has 0 aliphatic carbocycles. The minimum absolute atomic E-state index is 0.154. The minimum atomic E-state index is -0.161. The van der Waals surface area contributed by atoms with Crippen LogP contribution in [0.15, 0.2) is 55.1 Å². The third-order valence-electron chi connectivity index (χ3n) is 4.55. The molecule has 0 saturated heterocycles. The van der Waals surface area contributed by atoms with E-state index in [1.54, 1.807) is 29.2 Å². The van der Waals surface area contributed by atoms with E-state index < -0.39 is 0 Å². The normalized spacial score (nSPS) is 11.7. The molecule has 3 aromatic rings. The van der Waals surface area contributed by atoms with E-state index in [1.165, 1.54) is 6.33 Å². The van der Waals surface area contributed by atoms with Crippen LogP contribution in [0.1, 0.15) is 55.6 Å². The predicted molar refractivity (Wildman–Crippen MR) is 115 cm³/mol. The highest BCUT2D eigenvalue weighted by Crippen LogP contribution is 2.29. The van der Waals surface area contributed by atoms with E-state index in [0.717, 1.165) is 24.1 Å².